The smallest absolute Gasteiger partial charge is 0.0731 e. The van der Waals surface area contributed by atoms with Crippen molar-refractivity contribution in [3.8, 4) is 0 Å². The third-order valence-corrected chi connectivity index (χ3v) is 5.69. The van der Waals surface area contributed by atoms with E-state index in [1.165, 1.54) is 25.4 Å². The molecule has 1 aromatic heterocycles. The molecule has 1 N–H and O–H groups in total. The van der Waals surface area contributed by atoms with Crippen molar-refractivity contribution < 1.29 is 0 Å². The minimum Gasteiger partial charge on any atom is -0.312 e. The van der Waals surface area contributed by atoms with Gasteiger partial charge in [0.1, 0.15) is 0 Å². The first-order valence-corrected chi connectivity index (χ1v) is 8.26. The van der Waals surface area contributed by atoms with Crippen LogP contribution in [0.1, 0.15) is 34.5 Å². The fraction of sp³-hybridized carbons (Fsp3) is 0.375. The van der Waals surface area contributed by atoms with Crippen LogP contribution in [0.5, 0.6) is 0 Å². The van der Waals surface area contributed by atoms with E-state index in [0.29, 0.717) is 6.04 Å². The van der Waals surface area contributed by atoms with Gasteiger partial charge >= 0.3 is 0 Å². The van der Waals surface area contributed by atoms with Crippen LogP contribution in [0.4, 0.5) is 0 Å². The molecule has 0 amide bonds. The van der Waals surface area contributed by atoms with Gasteiger partial charge in [0.2, 0.25) is 0 Å². The van der Waals surface area contributed by atoms with E-state index in [1.807, 2.05) is 18.4 Å². The molecular formula is C16H20BrNS. The molecule has 3 heteroatoms. The fourth-order valence-electron chi connectivity index (χ4n) is 2.15. The van der Waals surface area contributed by atoms with Crippen LogP contribution >= 0.6 is 27.3 Å². The van der Waals surface area contributed by atoms with Crippen molar-refractivity contribution in [2.24, 2.45) is 0 Å². The molecule has 1 heterocycles. The number of hydrogen-bond acceptors (Lipinski definition) is 2. The van der Waals surface area contributed by atoms with Gasteiger partial charge in [-0.3, -0.25) is 0 Å². The standard InChI is InChI=1S/C16H20BrNS/c1-4-12-5-7-13(8-6-12)10-14(18-3)15-9-11(2)16(17)19-15/h5-9,14,18H,4,10H2,1-3H3. The Balaban J connectivity index is 2.13. The van der Waals surface area contributed by atoms with Crippen LogP contribution in [-0.4, -0.2) is 7.05 Å². The lowest BCUT2D eigenvalue weighted by Crippen LogP contribution is -2.17. The Hall–Kier alpha value is -0.640. The number of nitrogens with one attached hydrogen (secondary N) is 1. The summed E-state index contributed by atoms with van der Waals surface area (Å²) in [7, 11) is 2.04. The molecule has 0 radical (unpaired) electrons. The van der Waals surface area contributed by atoms with Crippen molar-refractivity contribution in [3.63, 3.8) is 0 Å². The van der Waals surface area contributed by atoms with Gasteiger partial charge in [-0.05, 0) is 65.5 Å². The lowest BCUT2D eigenvalue weighted by molar-refractivity contribution is 0.602. The van der Waals surface area contributed by atoms with Crippen LogP contribution in [0.2, 0.25) is 0 Å². The summed E-state index contributed by atoms with van der Waals surface area (Å²) in [5, 5.41) is 3.43. The average Bonchev–Trinajstić information content (AvgIpc) is 2.76. The van der Waals surface area contributed by atoms with Crippen molar-refractivity contribution in [1.82, 2.24) is 5.32 Å². The lowest BCUT2D eigenvalue weighted by Gasteiger charge is -2.14. The van der Waals surface area contributed by atoms with Gasteiger partial charge in [-0.15, -0.1) is 11.3 Å². The van der Waals surface area contributed by atoms with Crippen molar-refractivity contribution in [2.75, 3.05) is 7.05 Å². The van der Waals surface area contributed by atoms with E-state index < -0.39 is 0 Å². The molecular weight excluding hydrogens is 318 g/mol. The van der Waals surface area contributed by atoms with Crippen LogP contribution in [-0.2, 0) is 12.8 Å². The zero-order chi connectivity index (χ0) is 13.8. The molecule has 2 aromatic rings. The van der Waals surface area contributed by atoms with Crippen molar-refractivity contribution in [3.05, 3.63) is 55.7 Å². The highest BCUT2D eigenvalue weighted by atomic mass is 79.9. The van der Waals surface area contributed by atoms with E-state index in [9.17, 15) is 0 Å². The highest BCUT2D eigenvalue weighted by Gasteiger charge is 2.14. The molecule has 19 heavy (non-hydrogen) atoms. The molecule has 0 aliphatic heterocycles. The monoisotopic (exact) mass is 337 g/mol. The minimum absolute atomic E-state index is 0.391. The average molecular weight is 338 g/mol. The number of aryl methyl sites for hydroxylation is 2. The maximum Gasteiger partial charge on any atom is 0.0731 e. The van der Waals surface area contributed by atoms with E-state index in [1.54, 1.807) is 0 Å². The molecule has 0 aliphatic carbocycles. The van der Waals surface area contributed by atoms with Gasteiger partial charge in [0.25, 0.3) is 0 Å². The summed E-state index contributed by atoms with van der Waals surface area (Å²) in [6, 6.07) is 11.6. The first kappa shape index (κ1) is 14.8. The number of hydrogen-bond donors (Lipinski definition) is 1. The normalized spacial score (nSPS) is 12.6. The largest absolute Gasteiger partial charge is 0.312 e. The zero-order valence-electron chi connectivity index (χ0n) is 11.7. The van der Waals surface area contributed by atoms with Crippen LogP contribution in [0.15, 0.2) is 34.1 Å². The Labute approximate surface area is 128 Å². The number of likely N-dealkylation sites (N-methyl/N-ethyl adjacent to an activating group) is 1. The Morgan fingerprint density at radius 1 is 1.21 bits per heavy atom. The first-order chi connectivity index (χ1) is 9.13. The molecule has 1 atom stereocenters. The van der Waals surface area contributed by atoms with Gasteiger partial charge in [0, 0.05) is 10.9 Å². The summed E-state index contributed by atoms with van der Waals surface area (Å²) in [6.07, 6.45) is 2.14. The summed E-state index contributed by atoms with van der Waals surface area (Å²) < 4.78 is 1.24. The number of rotatable bonds is 5. The van der Waals surface area contributed by atoms with E-state index in [-0.39, 0.29) is 0 Å². The summed E-state index contributed by atoms with van der Waals surface area (Å²) in [4.78, 5) is 1.39. The van der Waals surface area contributed by atoms with Gasteiger partial charge < -0.3 is 5.32 Å². The van der Waals surface area contributed by atoms with Crippen LogP contribution in [0.25, 0.3) is 0 Å². The molecule has 0 spiro atoms. The molecule has 0 bridgehead atoms. The van der Waals surface area contributed by atoms with E-state index in [4.69, 9.17) is 0 Å². The molecule has 0 saturated heterocycles. The maximum atomic E-state index is 3.61. The molecule has 2 rings (SSSR count). The highest BCUT2D eigenvalue weighted by molar-refractivity contribution is 9.11. The quantitative estimate of drug-likeness (QED) is 0.819. The number of benzene rings is 1. The fourth-order valence-corrected chi connectivity index (χ4v) is 3.83. The Morgan fingerprint density at radius 2 is 1.84 bits per heavy atom. The van der Waals surface area contributed by atoms with E-state index >= 15 is 0 Å². The molecule has 1 nitrogen and oxygen atoms in total. The molecule has 0 saturated carbocycles. The second-order valence-electron chi connectivity index (χ2n) is 4.82. The van der Waals surface area contributed by atoms with Gasteiger partial charge in [-0.25, -0.2) is 0 Å². The minimum atomic E-state index is 0.391. The topological polar surface area (TPSA) is 12.0 Å². The second kappa shape index (κ2) is 6.69. The van der Waals surface area contributed by atoms with Crippen molar-refractivity contribution >= 4 is 27.3 Å². The second-order valence-corrected chi connectivity index (χ2v) is 7.22. The summed E-state index contributed by atoms with van der Waals surface area (Å²) in [6.45, 7) is 4.34. The number of halogens is 1. The maximum absolute atomic E-state index is 3.61. The predicted octanol–water partition coefficient (Wildman–Crippen LogP) is 4.88. The van der Waals surface area contributed by atoms with E-state index in [2.05, 4.69) is 65.4 Å². The van der Waals surface area contributed by atoms with E-state index in [0.717, 1.165) is 12.8 Å². The molecule has 1 unspecified atom stereocenters. The third kappa shape index (κ3) is 3.68. The van der Waals surface area contributed by atoms with Gasteiger partial charge in [-0.1, -0.05) is 31.2 Å². The van der Waals surface area contributed by atoms with Crippen molar-refractivity contribution in [1.29, 1.82) is 0 Å². The van der Waals surface area contributed by atoms with Gasteiger partial charge in [0.15, 0.2) is 0 Å². The summed E-state index contributed by atoms with van der Waals surface area (Å²) >= 11 is 5.44. The summed E-state index contributed by atoms with van der Waals surface area (Å²) in [5.41, 5.74) is 4.11. The SMILES string of the molecule is CCc1ccc(CC(NC)c2cc(C)c(Br)s2)cc1. The Morgan fingerprint density at radius 3 is 2.32 bits per heavy atom. The zero-order valence-corrected chi connectivity index (χ0v) is 14.1. The van der Waals surface area contributed by atoms with Crippen LogP contribution < -0.4 is 5.32 Å². The first-order valence-electron chi connectivity index (χ1n) is 6.65. The highest BCUT2D eigenvalue weighted by Crippen LogP contribution is 2.32. The van der Waals surface area contributed by atoms with Crippen LogP contribution in [0.3, 0.4) is 0 Å². The van der Waals surface area contributed by atoms with Gasteiger partial charge in [-0.2, -0.15) is 0 Å². The van der Waals surface area contributed by atoms with Gasteiger partial charge in [0.05, 0.1) is 3.79 Å². The number of thiophene rings is 1. The Kier molecular flexibility index (Phi) is 5.20. The molecule has 0 aliphatic rings. The third-order valence-electron chi connectivity index (χ3n) is 3.44. The summed E-state index contributed by atoms with van der Waals surface area (Å²) in [5.74, 6) is 0. The van der Waals surface area contributed by atoms with Crippen molar-refractivity contribution in [2.45, 2.75) is 32.7 Å². The van der Waals surface area contributed by atoms with Crippen LogP contribution in [0, 0.1) is 6.92 Å². The lowest BCUT2D eigenvalue weighted by atomic mass is 10.0. The predicted molar refractivity (Wildman–Crippen MR) is 88.1 cm³/mol. The molecule has 0 fully saturated rings. The molecule has 102 valence electrons. The molecule has 1 aromatic carbocycles. The Bertz CT molecular complexity index is 511.